The molecule has 1 aromatic carbocycles. The van der Waals surface area contributed by atoms with Crippen molar-refractivity contribution >= 4 is 11.6 Å². The Kier molecular flexibility index (Phi) is 3.54. The molecule has 1 aliphatic rings. The summed E-state index contributed by atoms with van der Waals surface area (Å²) >= 11 is 6.27. The summed E-state index contributed by atoms with van der Waals surface area (Å²) in [5.41, 5.74) is 3.91. The highest BCUT2D eigenvalue weighted by Gasteiger charge is 2.31. The molecule has 0 aliphatic carbocycles. The first kappa shape index (κ1) is 13.6. The van der Waals surface area contributed by atoms with Crippen LogP contribution in [0.5, 0.6) is 0 Å². The number of hydrogen-bond donors (Lipinski definition) is 2. The van der Waals surface area contributed by atoms with Gasteiger partial charge in [0.25, 0.3) is 0 Å². The zero-order valence-electron chi connectivity index (χ0n) is 11.6. The average molecular weight is 292 g/mol. The first-order chi connectivity index (χ1) is 9.59. The van der Waals surface area contributed by atoms with Crippen LogP contribution in [0, 0.1) is 6.92 Å². The number of hydrogen-bond acceptors (Lipinski definition) is 3. The maximum atomic E-state index is 10.8. The monoisotopic (exact) mass is 291 g/mol. The predicted molar refractivity (Wildman–Crippen MR) is 78.8 cm³/mol. The third-order valence-electron chi connectivity index (χ3n) is 3.96. The standard InChI is InChI=1S/C15H18ClN3O/c1-9-12(15(16)19(2)18-9)14(20)13-11-6-4-3-5-10(11)7-8-17-13/h3-6,13-14,17,20H,7-8H2,1-2H3. The maximum absolute atomic E-state index is 10.8. The van der Waals surface area contributed by atoms with Crippen molar-refractivity contribution in [2.45, 2.75) is 25.5 Å². The summed E-state index contributed by atoms with van der Waals surface area (Å²) in [4.78, 5) is 0. The van der Waals surface area contributed by atoms with E-state index in [0.29, 0.717) is 10.7 Å². The van der Waals surface area contributed by atoms with Crippen LogP contribution in [0.15, 0.2) is 24.3 Å². The van der Waals surface area contributed by atoms with Crippen LogP contribution >= 0.6 is 11.6 Å². The first-order valence-corrected chi connectivity index (χ1v) is 7.15. The van der Waals surface area contributed by atoms with Gasteiger partial charge in [0.05, 0.1) is 11.7 Å². The van der Waals surface area contributed by atoms with E-state index in [1.54, 1.807) is 11.7 Å². The third-order valence-corrected chi connectivity index (χ3v) is 4.40. The molecule has 106 valence electrons. The molecule has 0 saturated carbocycles. The summed E-state index contributed by atoms with van der Waals surface area (Å²) in [5, 5.41) is 18.9. The zero-order chi connectivity index (χ0) is 14.3. The van der Waals surface area contributed by atoms with Gasteiger partial charge in [-0.15, -0.1) is 0 Å². The molecular weight excluding hydrogens is 274 g/mol. The van der Waals surface area contributed by atoms with Gasteiger partial charge in [-0.3, -0.25) is 4.68 Å². The molecular formula is C15H18ClN3O. The number of halogens is 1. The molecule has 1 aliphatic heterocycles. The Balaban J connectivity index is 2.02. The predicted octanol–water partition coefficient (Wildman–Crippen LogP) is 2.30. The molecule has 1 aromatic heterocycles. The van der Waals surface area contributed by atoms with Gasteiger partial charge in [-0.05, 0) is 31.0 Å². The SMILES string of the molecule is Cc1nn(C)c(Cl)c1C(O)C1NCCc2ccccc21. The third kappa shape index (κ3) is 2.14. The van der Waals surface area contributed by atoms with Crippen molar-refractivity contribution < 1.29 is 5.11 Å². The lowest BCUT2D eigenvalue weighted by molar-refractivity contribution is 0.125. The molecule has 3 rings (SSSR count). The normalized spacial score (nSPS) is 19.7. The lowest BCUT2D eigenvalue weighted by Crippen LogP contribution is -2.34. The van der Waals surface area contributed by atoms with E-state index in [0.717, 1.165) is 24.2 Å². The zero-order valence-corrected chi connectivity index (χ0v) is 12.4. The van der Waals surface area contributed by atoms with Crippen LogP contribution < -0.4 is 5.32 Å². The number of aryl methyl sites for hydroxylation is 2. The van der Waals surface area contributed by atoms with Gasteiger partial charge in [0.2, 0.25) is 0 Å². The lowest BCUT2D eigenvalue weighted by atomic mass is 9.88. The Labute approximate surface area is 123 Å². The molecule has 20 heavy (non-hydrogen) atoms. The molecule has 0 bridgehead atoms. The van der Waals surface area contributed by atoms with Gasteiger partial charge < -0.3 is 10.4 Å². The largest absolute Gasteiger partial charge is 0.386 e. The van der Waals surface area contributed by atoms with Gasteiger partial charge in [-0.2, -0.15) is 5.10 Å². The summed E-state index contributed by atoms with van der Waals surface area (Å²) in [6.07, 6.45) is 0.289. The van der Waals surface area contributed by atoms with Gasteiger partial charge in [-0.1, -0.05) is 35.9 Å². The van der Waals surface area contributed by atoms with Crippen molar-refractivity contribution in [3.8, 4) is 0 Å². The van der Waals surface area contributed by atoms with Crippen LogP contribution in [-0.2, 0) is 13.5 Å². The van der Waals surface area contributed by atoms with E-state index < -0.39 is 6.10 Å². The van der Waals surface area contributed by atoms with E-state index in [2.05, 4.69) is 22.5 Å². The number of rotatable bonds is 2. The van der Waals surface area contributed by atoms with Crippen molar-refractivity contribution in [2.75, 3.05) is 6.54 Å². The Morgan fingerprint density at radius 1 is 1.45 bits per heavy atom. The number of fused-ring (bicyclic) bond motifs is 1. The number of aliphatic hydroxyl groups is 1. The molecule has 0 radical (unpaired) electrons. The fourth-order valence-electron chi connectivity index (χ4n) is 2.97. The molecule has 4 nitrogen and oxygen atoms in total. The second kappa shape index (κ2) is 5.20. The maximum Gasteiger partial charge on any atom is 0.132 e. The highest BCUT2D eigenvalue weighted by atomic mass is 35.5. The van der Waals surface area contributed by atoms with E-state index in [1.165, 1.54) is 5.56 Å². The van der Waals surface area contributed by atoms with Crippen molar-refractivity contribution in [1.82, 2.24) is 15.1 Å². The number of nitrogens with zero attached hydrogens (tertiary/aromatic N) is 2. The number of nitrogens with one attached hydrogen (secondary N) is 1. The van der Waals surface area contributed by atoms with Crippen LogP contribution in [0.4, 0.5) is 0 Å². The van der Waals surface area contributed by atoms with Crippen molar-refractivity contribution in [1.29, 1.82) is 0 Å². The molecule has 0 fully saturated rings. The van der Waals surface area contributed by atoms with Gasteiger partial charge in [0.15, 0.2) is 0 Å². The Hall–Kier alpha value is -1.36. The van der Waals surface area contributed by atoms with E-state index in [9.17, 15) is 5.11 Å². The summed E-state index contributed by atoms with van der Waals surface area (Å²) in [6.45, 7) is 2.73. The summed E-state index contributed by atoms with van der Waals surface area (Å²) < 4.78 is 1.60. The molecule has 2 heterocycles. The van der Waals surface area contributed by atoms with E-state index in [1.807, 2.05) is 19.1 Å². The fourth-order valence-corrected chi connectivity index (χ4v) is 3.25. The molecule has 0 amide bonds. The van der Waals surface area contributed by atoms with Crippen LogP contribution in [-0.4, -0.2) is 21.4 Å². The molecule has 0 spiro atoms. The minimum absolute atomic E-state index is 0.139. The van der Waals surface area contributed by atoms with E-state index in [-0.39, 0.29) is 6.04 Å². The smallest absolute Gasteiger partial charge is 0.132 e. The Morgan fingerprint density at radius 3 is 2.90 bits per heavy atom. The molecule has 2 unspecified atom stereocenters. The van der Waals surface area contributed by atoms with Crippen molar-refractivity contribution in [3.63, 3.8) is 0 Å². The van der Waals surface area contributed by atoms with Gasteiger partial charge in [0.1, 0.15) is 11.3 Å². The van der Waals surface area contributed by atoms with Crippen molar-refractivity contribution in [2.24, 2.45) is 7.05 Å². The van der Waals surface area contributed by atoms with Crippen molar-refractivity contribution in [3.05, 3.63) is 51.8 Å². The second-order valence-corrected chi connectivity index (χ2v) is 5.60. The first-order valence-electron chi connectivity index (χ1n) is 6.78. The molecule has 2 N–H and O–H groups in total. The Bertz CT molecular complexity index is 638. The van der Waals surface area contributed by atoms with Crippen LogP contribution in [0.2, 0.25) is 5.15 Å². The van der Waals surface area contributed by atoms with Crippen LogP contribution in [0.3, 0.4) is 0 Å². The summed E-state index contributed by atoms with van der Waals surface area (Å²) in [7, 11) is 1.79. The highest BCUT2D eigenvalue weighted by Crippen LogP contribution is 2.37. The molecule has 5 heteroatoms. The summed E-state index contributed by atoms with van der Waals surface area (Å²) in [5.74, 6) is 0. The number of aliphatic hydroxyl groups excluding tert-OH is 1. The van der Waals surface area contributed by atoms with Crippen LogP contribution in [0.25, 0.3) is 0 Å². The fraction of sp³-hybridized carbons (Fsp3) is 0.400. The van der Waals surface area contributed by atoms with Gasteiger partial charge in [0, 0.05) is 12.6 Å². The molecule has 0 saturated heterocycles. The molecule has 2 aromatic rings. The van der Waals surface area contributed by atoms with Crippen LogP contribution in [0.1, 0.15) is 34.5 Å². The minimum Gasteiger partial charge on any atom is -0.386 e. The second-order valence-electron chi connectivity index (χ2n) is 5.24. The molecule has 2 atom stereocenters. The summed E-state index contributed by atoms with van der Waals surface area (Å²) in [6, 6.07) is 8.09. The topological polar surface area (TPSA) is 50.1 Å². The quantitative estimate of drug-likeness (QED) is 0.893. The van der Waals surface area contributed by atoms with Gasteiger partial charge >= 0.3 is 0 Å². The average Bonchev–Trinajstić information content (AvgIpc) is 2.71. The van der Waals surface area contributed by atoms with Gasteiger partial charge in [-0.25, -0.2) is 0 Å². The minimum atomic E-state index is -0.697. The number of benzene rings is 1. The van der Waals surface area contributed by atoms with E-state index in [4.69, 9.17) is 11.6 Å². The highest BCUT2D eigenvalue weighted by molar-refractivity contribution is 6.30. The Morgan fingerprint density at radius 2 is 2.20 bits per heavy atom. The lowest BCUT2D eigenvalue weighted by Gasteiger charge is -2.30. The number of aromatic nitrogens is 2. The van der Waals surface area contributed by atoms with E-state index >= 15 is 0 Å².